The normalized spacial score (nSPS) is 15.4. The topological polar surface area (TPSA) is 68.9 Å². The zero-order valence-corrected chi connectivity index (χ0v) is 14.1. The first-order valence-electron chi connectivity index (χ1n) is 8.63. The molecular formula is C18H24N4O2. The van der Waals surface area contributed by atoms with Gasteiger partial charge < -0.3 is 5.32 Å². The van der Waals surface area contributed by atoms with E-state index >= 15 is 0 Å². The summed E-state index contributed by atoms with van der Waals surface area (Å²) >= 11 is 0. The van der Waals surface area contributed by atoms with Crippen LogP contribution in [0.15, 0.2) is 35.1 Å². The molecule has 0 aliphatic carbocycles. The third kappa shape index (κ3) is 3.75. The quantitative estimate of drug-likeness (QED) is 0.908. The van der Waals surface area contributed by atoms with Crippen molar-refractivity contribution >= 4 is 5.91 Å². The number of rotatable bonds is 5. The van der Waals surface area contributed by atoms with Crippen molar-refractivity contribution in [3.8, 4) is 0 Å². The van der Waals surface area contributed by atoms with Gasteiger partial charge in [-0.2, -0.15) is 5.10 Å². The Balaban J connectivity index is 1.58. The SMILES string of the molecule is CC(CNC(=O)Cn1nc2n(c1=O)CCCCC2)c1ccccc1. The number of hydrogen-bond acceptors (Lipinski definition) is 3. The molecule has 0 fully saturated rings. The molecule has 1 atom stereocenters. The molecule has 1 N–H and O–H groups in total. The second-order valence-electron chi connectivity index (χ2n) is 6.43. The van der Waals surface area contributed by atoms with Crippen LogP contribution >= 0.6 is 0 Å². The molecule has 6 heteroatoms. The first-order chi connectivity index (χ1) is 11.6. The number of fused-ring (bicyclic) bond motifs is 1. The molecule has 1 aliphatic rings. The van der Waals surface area contributed by atoms with E-state index in [0.717, 1.165) is 31.5 Å². The van der Waals surface area contributed by atoms with Gasteiger partial charge in [-0.05, 0) is 24.3 Å². The summed E-state index contributed by atoms with van der Waals surface area (Å²) in [7, 11) is 0. The lowest BCUT2D eigenvalue weighted by Crippen LogP contribution is -2.35. The van der Waals surface area contributed by atoms with Crippen molar-refractivity contribution in [2.45, 2.75) is 51.6 Å². The summed E-state index contributed by atoms with van der Waals surface area (Å²) in [4.78, 5) is 24.5. The van der Waals surface area contributed by atoms with Crippen molar-refractivity contribution in [3.63, 3.8) is 0 Å². The van der Waals surface area contributed by atoms with E-state index in [2.05, 4.69) is 17.3 Å². The standard InChI is InChI=1S/C18H24N4O2/c1-14(15-8-4-2-5-9-15)12-19-17(23)13-22-18(24)21-11-7-3-6-10-16(21)20-22/h2,4-5,8-9,14H,3,6-7,10-13H2,1H3,(H,19,23). The molecule has 0 saturated carbocycles. The van der Waals surface area contributed by atoms with Crippen molar-refractivity contribution in [1.82, 2.24) is 19.7 Å². The van der Waals surface area contributed by atoms with Gasteiger partial charge in [0.1, 0.15) is 12.4 Å². The third-order valence-electron chi connectivity index (χ3n) is 4.55. The summed E-state index contributed by atoms with van der Waals surface area (Å²) in [6.45, 7) is 3.31. The zero-order chi connectivity index (χ0) is 16.9. The summed E-state index contributed by atoms with van der Waals surface area (Å²) in [5.41, 5.74) is 1.02. The molecule has 0 bridgehead atoms. The number of aryl methyl sites for hydroxylation is 1. The molecule has 0 saturated heterocycles. The number of carbonyl (C=O) groups is 1. The van der Waals surface area contributed by atoms with Crippen molar-refractivity contribution < 1.29 is 4.79 Å². The fourth-order valence-electron chi connectivity index (χ4n) is 3.09. The number of aromatic nitrogens is 3. The summed E-state index contributed by atoms with van der Waals surface area (Å²) in [5.74, 6) is 0.863. The van der Waals surface area contributed by atoms with Gasteiger partial charge >= 0.3 is 5.69 Å². The van der Waals surface area contributed by atoms with Crippen LogP contribution in [-0.4, -0.2) is 26.8 Å². The van der Waals surface area contributed by atoms with Crippen LogP contribution in [0.5, 0.6) is 0 Å². The molecule has 2 heterocycles. The smallest absolute Gasteiger partial charge is 0.346 e. The van der Waals surface area contributed by atoms with Gasteiger partial charge in [-0.3, -0.25) is 9.36 Å². The van der Waals surface area contributed by atoms with E-state index in [1.54, 1.807) is 4.57 Å². The van der Waals surface area contributed by atoms with Gasteiger partial charge in [-0.1, -0.05) is 43.7 Å². The molecule has 1 unspecified atom stereocenters. The lowest BCUT2D eigenvalue weighted by atomic mass is 10.0. The van der Waals surface area contributed by atoms with E-state index < -0.39 is 0 Å². The summed E-state index contributed by atoms with van der Waals surface area (Å²) in [6, 6.07) is 10.1. The van der Waals surface area contributed by atoms with Gasteiger partial charge in [-0.25, -0.2) is 9.48 Å². The maximum Gasteiger partial charge on any atom is 0.346 e. The Morgan fingerprint density at radius 1 is 1.25 bits per heavy atom. The van der Waals surface area contributed by atoms with Crippen molar-refractivity contribution in [3.05, 3.63) is 52.2 Å². The summed E-state index contributed by atoms with van der Waals surface area (Å²) in [6.07, 6.45) is 3.99. The maximum absolute atomic E-state index is 12.3. The average molecular weight is 328 g/mol. The second-order valence-corrected chi connectivity index (χ2v) is 6.43. The molecule has 0 spiro atoms. The number of hydrogen-bond donors (Lipinski definition) is 1. The zero-order valence-electron chi connectivity index (χ0n) is 14.1. The van der Waals surface area contributed by atoms with Gasteiger partial charge in [0.25, 0.3) is 0 Å². The van der Waals surface area contributed by atoms with Crippen LogP contribution in [0.4, 0.5) is 0 Å². The number of nitrogens with zero attached hydrogens (tertiary/aromatic N) is 3. The van der Waals surface area contributed by atoms with Crippen molar-refractivity contribution in [1.29, 1.82) is 0 Å². The van der Waals surface area contributed by atoms with Crippen molar-refractivity contribution in [2.75, 3.05) is 6.54 Å². The molecule has 128 valence electrons. The number of carbonyl (C=O) groups excluding carboxylic acids is 1. The van der Waals surface area contributed by atoms with E-state index in [9.17, 15) is 9.59 Å². The van der Waals surface area contributed by atoms with Crippen LogP contribution < -0.4 is 11.0 Å². The average Bonchev–Trinajstić information content (AvgIpc) is 2.78. The minimum atomic E-state index is -0.173. The van der Waals surface area contributed by atoms with E-state index in [4.69, 9.17) is 0 Å². The molecule has 3 rings (SSSR count). The number of benzene rings is 1. The van der Waals surface area contributed by atoms with E-state index in [-0.39, 0.29) is 24.1 Å². The Labute approximate surface area is 141 Å². The molecule has 1 aromatic heterocycles. The van der Waals surface area contributed by atoms with Gasteiger partial charge in [-0.15, -0.1) is 0 Å². The molecule has 1 aromatic carbocycles. The van der Waals surface area contributed by atoms with Crippen molar-refractivity contribution in [2.24, 2.45) is 0 Å². The lowest BCUT2D eigenvalue weighted by Gasteiger charge is -2.12. The predicted octanol–water partition coefficient (Wildman–Crippen LogP) is 1.69. The van der Waals surface area contributed by atoms with Crippen LogP contribution in [-0.2, 0) is 24.3 Å². The molecule has 1 amide bonds. The van der Waals surface area contributed by atoms with Crippen LogP contribution in [0.25, 0.3) is 0 Å². The number of nitrogens with one attached hydrogen (secondary N) is 1. The molecular weight excluding hydrogens is 304 g/mol. The Hall–Kier alpha value is -2.37. The summed E-state index contributed by atoms with van der Waals surface area (Å²) < 4.78 is 3.01. The molecule has 24 heavy (non-hydrogen) atoms. The van der Waals surface area contributed by atoms with E-state index in [1.165, 1.54) is 10.2 Å². The van der Waals surface area contributed by atoms with Gasteiger partial charge in [0.2, 0.25) is 5.91 Å². The van der Waals surface area contributed by atoms with Crippen LogP contribution in [0.1, 0.15) is 43.5 Å². The van der Waals surface area contributed by atoms with Crippen LogP contribution in [0.2, 0.25) is 0 Å². The highest BCUT2D eigenvalue weighted by molar-refractivity contribution is 5.75. The lowest BCUT2D eigenvalue weighted by molar-refractivity contribution is -0.121. The monoisotopic (exact) mass is 328 g/mol. The Kier molecular flexibility index (Phi) is 5.13. The molecule has 0 radical (unpaired) electrons. The fourth-order valence-corrected chi connectivity index (χ4v) is 3.09. The molecule has 6 nitrogen and oxygen atoms in total. The van der Waals surface area contributed by atoms with Crippen LogP contribution in [0, 0.1) is 0 Å². The highest BCUT2D eigenvalue weighted by Crippen LogP contribution is 2.13. The Morgan fingerprint density at radius 3 is 2.83 bits per heavy atom. The minimum Gasteiger partial charge on any atom is -0.354 e. The molecule has 2 aromatic rings. The minimum absolute atomic E-state index is 0.0135. The first kappa shape index (κ1) is 16.5. The molecule has 1 aliphatic heterocycles. The van der Waals surface area contributed by atoms with Gasteiger partial charge in [0, 0.05) is 19.5 Å². The van der Waals surface area contributed by atoms with Crippen LogP contribution in [0.3, 0.4) is 0 Å². The highest BCUT2D eigenvalue weighted by Gasteiger charge is 2.17. The Morgan fingerprint density at radius 2 is 2.04 bits per heavy atom. The Bertz CT molecular complexity index is 748. The largest absolute Gasteiger partial charge is 0.354 e. The fraction of sp³-hybridized carbons (Fsp3) is 0.500. The van der Waals surface area contributed by atoms with Gasteiger partial charge in [0.05, 0.1) is 0 Å². The van der Waals surface area contributed by atoms with E-state index in [1.807, 2.05) is 30.3 Å². The highest BCUT2D eigenvalue weighted by atomic mass is 16.2. The van der Waals surface area contributed by atoms with E-state index in [0.29, 0.717) is 13.1 Å². The first-order valence-corrected chi connectivity index (χ1v) is 8.63. The maximum atomic E-state index is 12.3. The van der Waals surface area contributed by atoms with Gasteiger partial charge in [0.15, 0.2) is 0 Å². The number of amides is 1. The summed E-state index contributed by atoms with van der Waals surface area (Å²) in [5, 5.41) is 7.24. The predicted molar refractivity (Wildman–Crippen MR) is 91.9 cm³/mol. The third-order valence-corrected chi connectivity index (χ3v) is 4.55. The second kappa shape index (κ2) is 7.47.